The molecule has 0 radical (unpaired) electrons. The number of ether oxygens (including phenoxy) is 2. The molecule has 2 aliphatic heterocycles. The highest BCUT2D eigenvalue weighted by atomic mass is 16.6. The number of β-amino-alcohol motifs (C(OH)–C–C–N with tert-alkyl or cyclic N) is 1. The fraction of sp³-hybridized carbons (Fsp3) is 0.381. The zero-order valence-electron chi connectivity index (χ0n) is 16.4. The summed E-state index contributed by atoms with van der Waals surface area (Å²) in [5, 5.41) is 12.8. The van der Waals surface area contributed by atoms with Crippen molar-refractivity contribution in [3.63, 3.8) is 0 Å². The quantitative estimate of drug-likeness (QED) is 0.613. The molecule has 4 rings (SSSR count). The SMILES string of the molecule is O=C1CN(CC(O)CN(Cc2ccccc2)CC2COc3cccnc3O2)C(=O)N1. The largest absolute Gasteiger partial charge is 0.484 e. The van der Waals surface area contributed by atoms with Crippen molar-refractivity contribution < 1.29 is 24.2 Å². The molecule has 0 saturated carbocycles. The molecule has 30 heavy (non-hydrogen) atoms. The molecule has 1 aromatic carbocycles. The number of urea groups is 1. The summed E-state index contributed by atoms with van der Waals surface area (Å²) in [4.78, 5) is 30.7. The molecular weight excluding hydrogens is 388 g/mol. The van der Waals surface area contributed by atoms with E-state index in [1.165, 1.54) is 4.90 Å². The van der Waals surface area contributed by atoms with Gasteiger partial charge in [-0.1, -0.05) is 30.3 Å². The minimum Gasteiger partial charge on any atom is -0.484 e. The Balaban J connectivity index is 1.40. The number of aliphatic hydroxyl groups is 1. The van der Waals surface area contributed by atoms with Gasteiger partial charge in [-0.15, -0.1) is 0 Å². The number of pyridine rings is 1. The van der Waals surface area contributed by atoms with Crippen LogP contribution in [-0.4, -0.2) is 76.8 Å². The van der Waals surface area contributed by atoms with E-state index in [2.05, 4.69) is 15.2 Å². The molecule has 2 atom stereocenters. The van der Waals surface area contributed by atoms with Gasteiger partial charge in [-0.2, -0.15) is 0 Å². The minimum atomic E-state index is -0.819. The van der Waals surface area contributed by atoms with Crippen LogP contribution in [0.1, 0.15) is 5.56 Å². The van der Waals surface area contributed by atoms with Gasteiger partial charge in [0.2, 0.25) is 5.91 Å². The summed E-state index contributed by atoms with van der Waals surface area (Å²) in [7, 11) is 0. The molecule has 3 heterocycles. The first-order valence-electron chi connectivity index (χ1n) is 9.84. The predicted molar refractivity (Wildman–Crippen MR) is 107 cm³/mol. The van der Waals surface area contributed by atoms with Gasteiger partial charge in [0.15, 0.2) is 5.75 Å². The lowest BCUT2D eigenvalue weighted by Gasteiger charge is -2.32. The highest BCUT2D eigenvalue weighted by Gasteiger charge is 2.30. The van der Waals surface area contributed by atoms with Crippen LogP contribution in [0.15, 0.2) is 48.7 Å². The van der Waals surface area contributed by atoms with Gasteiger partial charge in [0.1, 0.15) is 19.3 Å². The maximum atomic E-state index is 11.8. The standard InChI is InChI=1S/C21H24N4O5/c26-16(11-25-13-19(27)23-21(25)28)10-24(9-15-5-2-1-3-6-15)12-17-14-29-18-7-4-8-22-20(18)30-17/h1-8,16-17,26H,9-14H2,(H,23,27,28). The predicted octanol–water partition coefficient (Wildman–Crippen LogP) is 0.636. The van der Waals surface area contributed by atoms with Crippen LogP contribution in [0.4, 0.5) is 4.79 Å². The number of benzene rings is 1. The van der Waals surface area contributed by atoms with Crippen LogP contribution >= 0.6 is 0 Å². The molecule has 2 N–H and O–H groups in total. The Morgan fingerprint density at radius 2 is 2.07 bits per heavy atom. The van der Waals surface area contributed by atoms with E-state index in [4.69, 9.17) is 9.47 Å². The van der Waals surface area contributed by atoms with Gasteiger partial charge >= 0.3 is 6.03 Å². The Kier molecular flexibility index (Phi) is 6.10. The number of imide groups is 1. The van der Waals surface area contributed by atoms with Crippen LogP contribution < -0.4 is 14.8 Å². The van der Waals surface area contributed by atoms with Gasteiger partial charge < -0.3 is 19.5 Å². The first-order chi connectivity index (χ1) is 14.6. The van der Waals surface area contributed by atoms with E-state index < -0.39 is 12.1 Å². The van der Waals surface area contributed by atoms with E-state index >= 15 is 0 Å². The van der Waals surface area contributed by atoms with Crippen LogP contribution in [0.2, 0.25) is 0 Å². The van der Waals surface area contributed by atoms with E-state index in [0.717, 1.165) is 5.56 Å². The van der Waals surface area contributed by atoms with E-state index in [1.807, 2.05) is 36.4 Å². The third kappa shape index (κ3) is 5.05. The van der Waals surface area contributed by atoms with Crippen molar-refractivity contribution in [3.8, 4) is 11.6 Å². The number of carbonyl (C=O) groups excluding carboxylic acids is 2. The maximum Gasteiger partial charge on any atom is 0.324 e. The molecular formula is C21H24N4O5. The average Bonchev–Trinajstić information content (AvgIpc) is 3.05. The second kappa shape index (κ2) is 9.10. The molecule has 0 aliphatic carbocycles. The summed E-state index contributed by atoms with van der Waals surface area (Å²) in [6.45, 7) is 1.84. The van der Waals surface area contributed by atoms with Gasteiger partial charge in [0.05, 0.1) is 12.6 Å². The fourth-order valence-electron chi connectivity index (χ4n) is 3.61. The van der Waals surface area contributed by atoms with Crippen molar-refractivity contribution >= 4 is 11.9 Å². The summed E-state index contributed by atoms with van der Waals surface area (Å²) in [6.07, 6.45) is 0.582. The molecule has 2 aliphatic rings. The van der Waals surface area contributed by atoms with Crippen LogP contribution in [0.25, 0.3) is 0 Å². The molecule has 1 fully saturated rings. The molecule has 0 spiro atoms. The van der Waals surface area contributed by atoms with Crippen molar-refractivity contribution in [2.75, 3.05) is 32.8 Å². The number of nitrogens with one attached hydrogen (secondary N) is 1. The number of carbonyl (C=O) groups is 2. The Morgan fingerprint density at radius 1 is 1.23 bits per heavy atom. The highest BCUT2D eigenvalue weighted by molar-refractivity contribution is 6.01. The van der Waals surface area contributed by atoms with E-state index in [9.17, 15) is 14.7 Å². The summed E-state index contributed by atoms with van der Waals surface area (Å²) in [6, 6.07) is 13.0. The third-order valence-corrected chi connectivity index (χ3v) is 4.92. The van der Waals surface area contributed by atoms with Crippen molar-refractivity contribution in [2.45, 2.75) is 18.8 Å². The molecule has 9 heteroatoms. The normalized spacial score (nSPS) is 19.1. The lowest BCUT2D eigenvalue weighted by atomic mass is 10.2. The van der Waals surface area contributed by atoms with Crippen LogP contribution in [0.5, 0.6) is 11.6 Å². The van der Waals surface area contributed by atoms with Crippen LogP contribution in [-0.2, 0) is 11.3 Å². The molecule has 3 amide bonds. The Hall–Kier alpha value is -3.17. The Morgan fingerprint density at radius 3 is 2.83 bits per heavy atom. The number of aliphatic hydroxyl groups excluding tert-OH is 1. The lowest BCUT2D eigenvalue weighted by Crippen LogP contribution is -2.46. The van der Waals surface area contributed by atoms with E-state index in [1.54, 1.807) is 12.3 Å². The van der Waals surface area contributed by atoms with Crippen molar-refractivity contribution in [3.05, 3.63) is 54.2 Å². The smallest absolute Gasteiger partial charge is 0.324 e. The second-order valence-corrected chi connectivity index (χ2v) is 7.42. The molecule has 1 aromatic heterocycles. The average molecular weight is 412 g/mol. The first-order valence-corrected chi connectivity index (χ1v) is 9.84. The molecule has 2 aromatic rings. The number of nitrogens with zero attached hydrogens (tertiary/aromatic N) is 3. The van der Waals surface area contributed by atoms with E-state index in [0.29, 0.717) is 37.9 Å². The summed E-state index contributed by atoms with van der Waals surface area (Å²) in [5.41, 5.74) is 1.09. The third-order valence-electron chi connectivity index (χ3n) is 4.92. The molecule has 9 nitrogen and oxygen atoms in total. The summed E-state index contributed by atoms with van der Waals surface area (Å²) in [5.74, 6) is 0.724. The van der Waals surface area contributed by atoms with Gasteiger partial charge in [0, 0.05) is 25.8 Å². The number of amides is 3. The van der Waals surface area contributed by atoms with Crippen molar-refractivity contribution in [2.24, 2.45) is 0 Å². The van der Waals surface area contributed by atoms with Gasteiger partial charge in [-0.05, 0) is 17.7 Å². The van der Waals surface area contributed by atoms with Crippen molar-refractivity contribution in [1.82, 2.24) is 20.1 Å². The lowest BCUT2D eigenvalue weighted by molar-refractivity contribution is -0.118. The monoisotopic (exact) mass is 412 g/mol. The number of aromatic nitrogens is 1. The summed E-state index contributed by atoms with van der Waals surface area (Å²) < 4.78 is 11.7. The van der Waals surface area contributed by atoms with E-state index in [-0.39, 0.29) is 25.1 Å². The zero-order chi connectivity index (χ0) is 20.9. The van der Waals surface area contributed by atoms with Crippen LogP contribution in [0.3, 0.4) is 0 Å². The number of fused-ring (bicyclic) bond motifs is 1. The molecule has 0 bridgehead atoms. The summed E-state index contributed by atoms with van der Waals surface area (Å²) >= 11 is 0. The molecule has 158 valence electrons. The minimum absolute atomic E-state index is 0.0311. The molecule has 1 saturated heterocycles. The highest BCUT2D eigenvalue weighted by Crippen LogP contribution is 2.28. The van der Waals surface area contributed by atoms with Crippen molar-refractivity contribution in [1.29, 1.82) is 0 Å². The van der Waals surface area contributed by atoms with Gasteiger partial charge in [-0.3, -0.25) is 15.0 Å². The fourth-order valence-corrected chi connectivity index (χ4v) is 3.61. The topological polar surface area (TPSA) is 104 Å². The Labute approximate surface area is 174 Å². The molecule has 2 unspecified atom stereocenters. The van der Waals surface area contributed by atoms with Gasteiger partial charge in [-0.25, -0.2) is 9.78 Å². The first kappa shape index (κ1) is 20.1. The second-order valence-electron chi connectivity index (χ2n) is 7.42. The number of hydrogen-bond donors (Lipinski definition) is 2. The number of hydrogen-bond acceptors (Lipinski definition) is 7. The Bertz CT molecular complexity index is 894. The van der Waals surface area contributed by atoms with Crippen LogP contribution in [0, 0.1) is 0 Å². The number of rotatable bonds is 8. The van der Waals surface area contributed by atoms with Gasteiger partial charge in [0.25, 0.3) is 5.88 Å². The zero-order valence-corrected chi connectivity index (χ0v) is 16.4. The maximum absolute atomic E-state index is 11.8.